The van der Waals surface area contributed by atoms with Gasteiger partial charge in [0.15, 0.2) is 0 Å². The van der Waals surface area contributed by atoms with Gasteiger partial charge in [-0.1, -0.05) is 0 Å². The van der Waals surface area contributed by atoms with E-state index in [1.54, 1.807) is 21.3 Å². The molecule has 0 atom stereocenters. The van der Waals surface area contributed by atoms with Crippen LogP contribution in [0.5, 0.6) is 0 Å². The largest absolute Gasteiger partial charge is 0.425 e. The van der Waals surface area contributed by atoms with Crippen molar-refractivity contribution >= 4 is 24.0 Å². The molecule has 1 N–H and O–H groups in total. The third kappa shape index (κ3) is 3.55. The number of hydrogen-bond donors (Lipinski definition) is 1. The molecule has 1 radical (unpaired) electrons. The summed E-state index contributed by atoms with van der Waals surface area (Å²) >= 11 is 0. The van der Waals surface area contributed by atoms with Crippen molar-refractivity contribution in [3.05, 3.63) is 29.3 Å². The molecule has 0 fully saturated rings. The maximum Gasteiger partial charge on any atom is 0.348 e. The molecule has 0 saturated heterocycles. The van der Waals surface area contributed by atoms with E-state index in [1.807, 2.05) is 13.8 Å². The smallest absolute Gasteiger partial charge is 0.348 e. The Bertz CT molecular complexity index is 746. The highest BCUT2D eigenvalue weighted by Crippen LogP contribution is 2.27. The number of nitrogens with zero attached hydrogens (tertiary/aromatic N) is 1. The molecule has 1 aromatic heterocycles. The number of fused-ring (bicyclic) bond motifs is 1. The van der Waals surface area contributed by atoms with Crippen molar-refractivity contribution in [1.29, 1.82) is 0 Å². The molecule has 0 aliphatic rings. The number of aryl methyl sites for hydroxylation is 2. The molecule has 0 bridgehead atoms. The van der Waals surface area contributed by atoms with Crippen molar-refractivity contribution in [2.24, 2.45) is 0 Å². The Morgan fingerprint density at radius 2 is 1.46 bits per heavy atom. The Kier molecular flexibility index (Phi) is 4.71. The summed E-state index contributed by atoms with van der Waals surface area (Å²) in [6.07, 6.45) is 0. The molecule has 24 heavy (non-hydrogen) atoms. The van der Waals surface area contributed by atoms with Crippen LogP contribution in [0, 0.1) is 13.8 Å². The number of hydrogen-bond acceptors (Lipinski definition) is 2. The lowest BCUT2D eigenvalue weighted by molar-refractivity contribution is -0.0894. The van der Waals surface area contributed by atoms with E-state index in [9.17, 15) is 5.11 Å². The summed E-state index contributed by atoms with van der Waals surface area (Å²) in [7, 11) is 1.79. The normalized spacial score (nSPS) is 13.6. The summed E-state index contributed by atoms with van der Waals surface area (Å²) < 4.78 is 8.31. The lowest BCUT2D eigenvalue weighted by Crippen LogP contribution is -2.50. The summed E-state index contributed by atoms with van der Waals surface area (Å²) in [5, 5.41) is 11.5. The zero-order chi connectivity index (χ0) is 18.5. The van der Waals surface area contributed by atoms with Gasteiger partial charge in [0.2, 0.25) is 0 Å². The third-order valence-electron chi connectivity index (χ3n) is 5.06. The molecule has 0 aliphatic carbocycles. The van der Waals surface area contributed by atoms with Gasteiger partial charge in [0.1, 0.15) is 0 Å². The molecule has 0 saturated carbocycles. The van der Waals surface area contributed by atoms with Crippen LogP contribution in [0.2, 0.25) is 0 Å². The van der Waals surface area contributed by atoms with Gasteiger partial charge in [-0.05, 0) is 97.0 Å². The van der Waals surface area contributed by atoms with E-state index in [1.165, 1.54) is 22.0 Å². The minimum absolute atomic E-state index is 0.0719. The maximum atomic E-state index is 10.3. The lowest BCUT2D eigenvalue weighted by Gasteiger charge is -2.38. The van der Waals surface area contributed by atoms with Crippen LogP contribution in [0.1, 0.15) is 59.6 Å². The highest BCUT2D eigenvalue weighted by Gasteiger charge is 2.36. The average molecular weight is 328 g/mol. The molecule has 1 aromatic carbocycles. The molecule has 0 amide bonds. The first-order valence-electron chi connectivity index (χ1n) is 8.60. The van der Waals surface area contributed by atoms with Gasteiger partial charge in [0, 0.05) is 16.6 Å². The summed E-state index contributed by atoms with van der Waals surface area (Å²) in [5.41, 5.74) is 3.11. The first kappa shape index (κ1) is 19.1. The zero-order valence-electron chi connectivity index (χ0n) is 16.6. The zero-order valence-corrected chi connectivity index (χ0v) is 16.6. The standard InChI is InChI=1S/C20H31BNO2/c1-13-10-15-12-17(21-24-20(8,9)19(6,7)23)22(18(3,4)5)16(15)11-14(13)2/h10-12,23H,1-9H3. The monoisotopic (exact) mass is 328 g/mol. The van der Waals surface area contributed by atoms with Gasteiger partial charge in [-0.25, -0.2) is 0 Å². The number of aliphatic hydroxyl groups is 1. The molecule has 0 aliphatic heterocycles. The SMILES string of the molecule is Cc1cc2cc([B]OC(C)(C)C(C)(C)O)n(C(C)(C)C)c2cc1C. The molecule has 4 heteroatoms. The summed E-state index contributed by atoms with van der Waals surface area (Å²) in [6.45, 7) is 18.2. The maximum absolute atomic E-state index is 10.3. The van der Waals surface area contributed by atoms with Crippen LogP contribution in [0.15, 0.2) is 18.2 Å². The van der Waals surface area contributed by atoms with Gasteiger partial charge in [-0.2, -0.15) is 0 Å². The molecule has 2 rings (SSSR count). The van der Waals surface area contributed by atoms with Crippen LogP contribution in [0.25, 0.3) is 10.9 Å². The summed E-state index contributed by atoms with van der Waals surface area (Å²) in [6, 6.07) is 6.63. The second kappa shape index (κ2) is 5.92. The van der Waals surface area contributed by atoms with Crippen molar-refractivity contribution < 1.29 is 9.76 Å². The number of rotatable bonds is 4. The van der Waals surface area contributed by atoms with E-state index in [0.717, 1.165) is 5.59 Å². The first-order valence-corrected chi connectivity index (χ1v) is 8.60. The van der Waals surface area contributed by atoms with E-state index >= 15 is 0 Å². The summed E-state index contributed by atoms with van der Waals surface area (Å²) in [5.74, 6) is 0. The summed E-state index contributed by atoms with van der Waals surface area (Å²) in [4.78, 5) is 0. The van der Waals surface area contributed by atoms with E-state index < -0.39 is 11.2 Å². The molecular weight excluding hydrogens is 297 g/mol. The van der Waals surface area contributed by atoms with Crippen LogP contribution < -0.4 is 5.59 Å². The fourth-order valence-electron chi connectivity index (χ4n) is 2.68. The molecule has 3 nitrogen and oxygen atoms in total. The van der Waals surface area contributed by atoms with Crippen LogP contribution in [0.3, 0.4) is 0 Å². The topological polar surface area (TPSA) is 34.4 Å². The number of benzene rings is 1. The fraction of sp³-hybridized carbons (Fsp3) is 0.600. The molecule has 2 aromatic rings. The average Bonchev–Trinajstić information content (AvgIpc) is 2.73. The Balaban J connectivity index is 2.50. The number of aromatic nitrogens is 1. The molecular formula is C20H31BNO2. The molecule has 0 spiro atoms. The Hall–Kier alpha value is -1.26. The van der Waals surface area contributed by atoms with Gasteiger partial charge in [0.05, 0.1) is 11.2 Å². The van der Waals surface area contributed by atoms with Crippen LogP contribution in [0.4, 0.5) is 0 Å². The highest BCUT2D eigenvalue weighted by atomic mass is 16.5. The van der Waals surface area contributed by atoms with Crippen molar-refractivity contribution in [2.75, 3.05) is 0 Å². The third-order valence-corrected chi connectivity index (χ3v) is 5.06. The predicted molar refractivity (Wildman–Crippen MR) is 103 cm³/mol. The van der Waals surface area contributed by atoms with Crippen molar-refractivity contribution in [3.8, 4) is 0 Å². The van der Waals surface area contributed by atoms with Gasteiger partial charge in [-0.15, -0.1) is 0 Å². The van der Waals surface area contributed by atoms with Crippen LogP contribution >= 0.6 is 0 Å². The Labute approximate surface area is 147 Å². The molecule has 0 unspecified atom stereocenters. The van der Waals surface area contributed by atoms with Gasteiger partial charge in [-0.3, -0.25) is 0 Å². The minimum Gasteiger partial charge on any atom is -0.425 e. The van der Waals surface area contributed by atoms with Gasteiger partial charge >= 0.3 is 7.48 Å². The second-order valence-corrected chi connectivity index (χ2v) is 8.88. The van der Waals surface area contributed by atoms with Crippen molar-refractivity contribution in [2.45, 2.75) is 79.1 Å². The predicted octanol–water partition coefficient (Wildman–Crippen LogP) is 3.82. The highest BCUT2D eigenvalue weighted by molar-refractivity contribution is 6.47. The van der Waals surface area contributed by atoms with Crippen molar-refractivity contribution in [1.82, 2.24) is 4.57 Å². The van der Waals surface area contributed by atoms with Crippen molar-refractivity contribution in [3.63, 3.8) is 0 Å². The van der Waals surface area contributed by atoms with E-state index in [-0.39, 0.29) is 5.54 Å². The second-order valence-electron chi connectivity index (χ2n) is 8.88. The molecule has 131 valence electrons. The van der Waals surface area contributed by atoms with E-state index in [0.29, 0.717) is 0 Å². The lowest BCUT2D eigenvalue weighted by atomic mass is 9.84. The minimum atomic E-state index is -0.935. The van der Waals surface area contributed by atoms with Gasteiger partial charge in [0.25, 0.3) is 0 Å². The van der Waals surface area contributed by atoms with Crippen LogP contribution in [-0.2, 0) is 10.2 Å². The fourth-order valence-corrected chi connectivity index (χ4v) is 2.68. The van der Waals surface area contributed by atoms with E-state index in [2.05, 4.69) is 57.4 Å². The first-order chi connectivity index (χ1) is 10.7. The Morgan fingerprint density at radius 1 is 0.917 bits per heavy atom. The quantitative estimate of drug-likeness (QED) is 0.866. The Morgan fingerprint density at radius 3 is 1.96 bits per heavy atom. The van der Waals surface area contributed by atoms with Crippen LogP contribution in [-0.4, -0.2) is 28.4 Å². The van der Waals surface area contributed by atoms with E-state index in [4.69, 9.17) is 4.65 Å². The molecule has 1 heterocycles. The van der Waals surface area contributed by atoms with Gasteiger partial charge < -0.3 is 14.3 Å².